The monoisotopic (exact) mass is 379 g/mol. The number of rotatable bonds is 4. The molecule has 6 heteroatoms. The highest BCUT2D eigenvalue weighted by molar-refractivity contribution is 5.85. The van der Waals surface area contributed by atoms with Crippen molar-refractivity contribution in [3.05, 3.63) is 53.9 Å². The molecule has 0 radical (unpaired) electrons. The molecule has 0 aliphatic carbocycles. The molecule has 4 rings (SSSR count). The topological polar surface area (TPSA) is 52.6 Å². The van der Waals surface area contributed by atoms with Crippen molar-refractivity contribution in [3.63, 3.8) is 0 Å². The number of aromatic nitrogens is 2. The van der Waals surface area contributed by atoms with E-state index in [1.165, 1.54) is 11.1 Å². The van der Waals surface area contributed by atoms with Gasteiger partial charge < -0.3 is 9.80 Å². The Labute approximate surface area is 167 Å². The number of fused-ring (bicyclic) bond motifs is 1. The lowest BCUT2D eigenvalue weighted by atomic mass is 9.74. The lowest BCUT2D eigenvalue weighted by molar-refractivity contribution is -0.140. The Balaban J connectivity index is 1.64. The highest BCUT2D eigenvalue weighted by atomic mass is 16.2. The van der Waals surface area contributed by atoms with Crippen molar-refractivity contribution >= 4 is 11.9 Å². The zero-order valence-corrected chi connectivity index (χ0v) is 17.0. The Morgan fingerprint density at radius 3 is 2.61 bits per heavy atom. The maximum atomic E-state index is 13.4. The Morgan fingerprint density at radius 2 is 1.93 bits per heavy atom. The van der Waals surface area contributed by atoms with E-state index in [1.54, 1.807) is 17.3 Å². The van der Waals surface area contributed by atoms with Crippen LogP contribution in [0.15, 0.2) is 42.7 Å². The van der Waals surface area contributed by atoms with Crippen molar-refractivity contribution in [2.75, 3.05) is 38.6 Å². The number of aryl methyl sites for hydroxylation is 1. The number of hydrogen-bond acceptors (Lipinski definition) is 5. The third kappa shape index (κ3) is 3.37. The molecule has 2 aromatic rings. The summed E-state index contributed by atoms with van der Waals surface area (Å²) in [7, 11) is 3.74. The Bertz CT molecular complexity index is 823. The quantitative estimate of drug-likeness (QED) is 0.816. The smallest absolute Gasteiger partial charge is 0.231 e. The summed E-state index contributed by atoms with van der Waals surface area (Å²) in [6, 6.07) is 10.6. The Morgan fingerprint density at radius 1 is 1.21 bits per heavy atom. The van der Waals surface area contributed by atoms with Gasteiger partial charge in [-0.1, -0.05) is 29.8 Å². The lowest BCUT2D eigenvalue weighted by Crippen LogP contribution is -2.58. The summed E-state index contributed by atoms with van der Waals surface area (Å²) in [5.41, 5.74) is 2.16. The van der Waals surface area contributed by atoms with Crippen molar-refractivity contribution in [1.29, 1.82) is 0 Å². The van der Waals surface area contributed by atoms with E-state index in [-0.39, 0.29) is 11.9 Å². The van der Waals surface area contributed by atoms with E-state index in [4.69, 9.17) is 0 Å². The molecule has 0 bridgehead atoms. The standard InChI is InChI=1S/C22H29N5O/c1-17-6-8-18(9-7-17)14-26-15-19-22(16-26,20(28)25(2)3)10-4-13-27(19)21-23-11-5-12-24-21/h5-9,11-12,19H,4,10,13-16H2,1-3H3/t19-,22-/m0/s1. The van der Waals surface area contributed by atoms with E-state index in [1.807, 2.05) is 20.2 Å². The second kappa shape index (κ2) is 7.51. The zero-order valence-electron chi connectivity index (χ0n) is 17.0. The van der Waals surface area contributed by atoms with Gasteiger partial charge in [-0.15, -0.1) is 0 Å². The average Bonchev–Trinajstić information content (AvgIpc) is 3.09. The van der Waals surface area contributed by atoms with E-state index in [0.717, 1.165) is 45.0 Å². The number of anilines is 1. The molecule has 0 saturated carbocycles. The molecule has 1 amide bonds. The number of amides is 1. The van der Waals surface area contributed by atoms with Gasteiger partial charge in [-0.25, -0.2) is 9.97 Å². The number of piperidine rings is 1. The number of carbonyl (C=O) groups is 1. The Kier molecular flexibility index (Phi) is 5.06. The number of benzene rings is 1. The van der Waals surface area contributed by atoms with Crippen molar-refractivity contribution in [3.8, 4) is 0 Å². The molecule has 2 aliphatic rings. The summed E-state index contributed by atoms with van der Waals surface area (Å²) >= 11 is 0. The zero-order chi connectivity index (χ0) is 19.7. The molecule has 6 nitrogen and oxygen atoms in total. The van der Waals surface area contributed by atoms with Crippen LogP contribution in [0.25, 0.3) is 0 Å². The SMILES string of the molecule is Cc1ccc(CN2C[C@@H]3N(c4ncccn4)CCC[C@]3(C(=O)N(C)C)C2)cc1. The highest BCUT2D eigenvalue weighted by Crippen LogP contribution is 2.44. The van der Waals surface area contributed by atoms with Gasteiger partial charge in [0.05, 0.1) is 11.5 Å². The van der Waals surface area contributed by atoms with E-state index in [2.05, 4.69) is 51.0 Å². The second-order valence-electron chi connectivity index (χ2n) is 8.37. The lowest BCUT2D eigenvalue weighted by Gasteiger charge is -2.45. The van der Waals surface area contributed by atoms with Crippen LogP contribution < -0.4 is 4.90 Å². The number of nitrogens with zero attached hydrogens (tertiary/aromatic N) is 5. The fraction of sp³-hybridized carbons (Fsp3) is 0.500. The first-order valence-electron chi connectivity index (χ1n) is 10.0. The van der Waals surface area contributed by atoms with Crippen LogP contribution in [0.4, 0.5) is 5.95 Å². The molecule has 2 aliphatic heterocycles. The van der Waals surface area contributed by atoms with Gasteiger partial charge in [-0.05, 0) is 31.4 Å². The molecule has 2 saturated heterocycles. The number of hydrogen-bond donors (Lipinski definition) is 0. The van der Waals surface area contributed by atoms with Crippen LogP contribution in [0.1, 0.15) is 24.0 Å². The van der Waals surface area contributed by atoms with Crippen molar-refractivity contribution < 1.29 is 4.79 Å². The van der Waals surface area contributed by atoms with Crippen LogP contribution in [0.5, 0.6) is 0 Å². The summed E-state index contributed by atoms with van der Waals surface area (Å²) in [5.74, 6) is 0.963. The average molecular weight is 380 g/mol. The minimum atomic E-state index is -0.397. The van der Waals surface area contributed by atoms with Gasteiger partial charge in [0.25, 0.3) is 0 Å². The molecule has 0 unspecified atom stereocenters. The molecule has 2 fully saturated rings. The van der Waals surface area contributed by atoms with Gasteiger partial charge in [-0.3, -0.25) is 9.69 Å². The van der Waals surface area contributed by atoms with Crippen molar-refractivity contribution in [2.45, 2.75) is 32.4 Å². The fourth-order valence-corrected chi connectivity index (χ4v) is 4.86. The number of likely N-dealkylation sites (tertiary alicyclic amines) is 1. The summed E-state index contributed by atoms with van der Waals surface area (Å²) in [5, 5.41) is 0. The van der Waals surface area contributed by atoms with E-state index in [0.29, 0.717) is 0 Å². The maximum Gasteiger partial charge on any atom is 0.231 e. The summed E-state index contributed by atoms with van der Waals surface area (Å²) in [6.45, 7) is 5.51. The Hall–Kier alpha value is -2.47. The predicted molar refractivity (Wildman–Crippen MR) is 110 cm³/mol. The molecule has 148 valence electrons. The molecule has 3 heterocycles. The molecule has 28 heavy (non-hydrogen) atoms. The highest BCUT2D eigenvalue weighted by Gasteiger charge is 2.56. The first-order valence-corrected chi connectivity index (χ1v) is 10.0. The van der Waals surface area contributed by atoms with Gasteiger partial charge in [0, 0.05) is 52.7 Å². The van der Waals surface area contributed by atoms with Crippen LogP contribution in [0.3, 0.4) is 0 Å². The third-order valence-corrected chi connectivity index (χ3v) is 6.14. The summed E-state index contributed by atoms with van der Waals surface area (Å²) < 4.78 is 0. The van der Waals surface area contributed by atoms with Crippen LogP contribution >= 0.6 is 0 Å². The minimum Gasteiger partial charge on any atom is -0.348 e. The third-order valence-electron chi connectivity index (χ3n) is 6.14. The van der Waals surface area contributed by atoms with Gasteiger partial charge >= 0.3 is 0 Å². The molecular weight excluding hydrogens is 350 g/mol. The van der Waals surface area contributed by atoms with E-state index < -0.39 is 5.41 Å². The van der Waals surface area contributed by atoms with Gasteiger partial charge in [0.15, 0.2) is 0 Å². The predicted octanol–water partition coefficient (Wildman–Crippen LogP) is 2.34. The van der Waals surface area contributed by atoms with E-state index >= 15 is 0 Å². The van der Waals surface area contributed by atoms with E-state index in [9.17, 15) is 4.79 Å². The molecular formula is C22H29N5O. The fourth-order valence-electron chi connectivity index (χ4n) is 4.86. The number of carbonyl (C=O) groups excluding carboxylic acids is 1. The molecule has 0 N–H and O–H groups in total. The largest absolute Gasteiger partial charge is 0.348 e. The van der Waals surface area contributed by atoms with Crippen LogP contribution in [-0.2, 0) is 11.3 Å². The minimum absolute atomic E-state index is 0.101. The molecule has 0 spiro atoms. The van der Waals surface area contributed by atoms with Gasteiger partial charge in [-0.2, -0.15) is 0 Å². The first kappa shape index (κ1) is 18.9. The summed E-state index contributed by atoms with van der Waals surface area (Å²) in [4.78, 5) is 28.8. The molecule has 2 atom stereocenters. The molecule has 1 aromatic heterocycles. The van der Waals surface area contributed by atoms with Gasteiger partial charge in [0.2, 0.25) is 11.9 Å². The normalized spacial score (nSPS) is 24.8. The van der Waals surface area contributed by atoms with Crippen molar-refractivity contribution in [1.82, 2.24) is 19.8 Å². The van der Waals surface area contributed by atoms with Crippen LogP contribution in [0, 0.1) is 12.3 Å². The molecule has 1 aromatic carbocycles. The maximum absolute atomic E-state index is 13.4. The first-order chi connectivity index (χ1) is 13.5. The van der Waals surface area contributed by atoms with Gasteiger partial charge in [0.1, 0.15) is 0 Å². The van der Waals surface area contributed by atoms with Crippen molar-refractivity contribution in [2.24, 2.45) is 5.41 Å². The second-order valence-corrected chi connectivity index (χ2v) is 8.37. The van der Waals surface area contributed by atoms with Crippen LogP contribution in [0.2, 0.25) is 0 Å². The summed E-state index contributed by atoms with van der Waals surface area (Å²) in [6.07, 6.45) is 5.46. The van der Waals surface area contributed by atoms with Crippen LogP contribution in [-0.4, -0.2) is 65.4 Å².